The minimum absolute atomic E-state index is 0.288. The SMILES string of the molecule is CCCCC(C(=O)O)N(C)Cc1ccccc1F. The van der Waals surface area contributed by atoms with Crippen LogP contribution in [0.1, 0.15) is 31.7 Å². The lowest BCUT2D eigenvalue weighted by molar-refractivity contribution is -0.143. The summed E-state index contributed by atoms with van der Waals surface area (Å²) < 4.78 is 13.5. The van der Waals surface area contributed by atoms with Crippen LogP contribution in [0.3, 0.4) is 0 Å². The Hall–Kier alpha value is -1.42. The number of hydrogen-bond acceptors (Lipinski definition) is 2. The van der Waals surface area contributed by atoms with Crippen LogP contribution in [0.2, 0.25) is 0 Å². The third kappa shape index (κ3) is 4.11. The van der Waals surface area contributed by atoms with Crippen molar-refractivity contribution < 1.29 is 14.3 Å². The second-order valence-electron chi connectivity index (χ2n) is 4.50. The Bertz CT molecular complexity index is 395. The van der Waals surface area contributed by atoms with Gasteiger partial charge in [-0.3, -0.25) is 9.69 Å². The Morgan fingerprint density at radius 1 is 1.44 bits per heavy atom. The molecule has 0 spiro atoms. The van der Waals surface area contributed by atoms with Crippen molar-refractivity contribution in [2.24, 2.45) is 0 Å². The van der Waals surface area contributed by atoms with E-state index in [1.807, 2.05) is 6.92 Å². The highest BCUT2D eigenvalue weighted by atomic mass is 19.1. The quantitative estimate of drug-likeness (QED) is 0.812. The van der Waals surface area contributed by atoms with E-state index in [4.69, 9.17) is 0 Å². The molecule has 0 amide bonds. The topological polar surface area (TPSA) is 40.5 Å². The summed E-state index contributed by atoms with van der Waals surface area (Å²) in [6, 6.07) is 5.92. The van der Waals surface area contributed by atoms with Crippen LogP contribution in [-0.2, 0) is 11.3 Å². The molecule has 0 aromatic heterocycles. The van der Waals surface area contributed by atoms with E-state index in [0.29, 0.717) is 18.5 Å². The molecule has 0 fully saturated rings. The first kappa shape index (κ1) is 14.6. The van der Waals surface area contributed by atoms with Gasteiger partial charge in [-0.2, -0.15) is 0 Å². The van der Waals surface area contributed by atoms with Crippen LogP contribution in [0, 0.1) is 5.82 Å². The van der Waals surface area contributed by atoms with Crippen LogP contribution in [-0.4, -0.2) is 29.1 Å². The summed E-state index contributed by atoms with van der Waals surface area (Å²) >= 11 is 0. The maximum atomic E-state index is 13.5. The average molecular weight is 253 g/mol. The van der Waals surface area contributed by atoms with E-state index in [1.54, 1.807) is 30.1 Å². The molecule has 0 aliphatic heterocycles. The summed E-state index contributed by atoms with van der Waals surface area (Å²) in [4.78, 5) is 12.9. The molecule has 0 saturated carbocycles. The van der Waals surface area contributed by atoms with Crippen molar-refractivity contribution in [3.63, 3.8) is 0 Å². The number of nitrogens with zero attached hydrogens (tertiary/aromatic N) is 1. The van der Waals surface area contributed by atoms with Crippen molar-refractivity contribution in [1.29, 1.82) is 0 Å². The fourth-order valence-corrected chi connectivity index (χ4v) is 1.94. The first-order valence-electron chi connectivity index (χ1n) is 6.22. The molecule has 0 heterocycles. The molecule has 1 aromatic rings. The zero-order chi connectivity index (χ0) is 13.5. The third-order valence-electron chi connectivity index (χ3n) is 3.03. The van der Waals surface area contributed by atoms with Gasteiger partial charge < -0.3 is 5.11 Å². The van der Waals surface area contributed by atoms with Gasteiger partial charge in [0.2, 0.25) is 0 Å². The zero-order valence-electron chi connectivity index (χ0n) is 10.9. The van der Waals surface area contributed by atoms with Crippen molar-refractivity contribution in [3.05, 3.63) is 35.6 Å². The first-order valence-corrected chi connectivity index (χ1v) is 6.22. The van der Waals surface area contributed by atoms with Crippen LogP contribution in [0.25, 0.3) is 0 Å². The van der Waals surface area contributed by atoms with Crippen LogP contribution >= 0.6 is 0 Å². The second-order valence-corrected chi connectivity index (χ2v) is 4.50. The van der Waals surface area contributed by atoms with Crippen molar-refractivity contribution in [2.45, 2.75) is 38.8 Å². The number of aliphatic carboxylic acids is 1. The number of carboxylic acid groups (broad SMARTS) is 1. The van der Waals surface area contributed by atoms with E-state index in [1.165, 1.54) is 6.07 Å². The van der Waals surface area contributed by atoms with Gasteiger partial charge in [-0.15, -0.1) is 0 Å². The van der Waals surface area contributed by atoms with E-state index in [9.17, 15) is 14.3 Å². The standard InChI is InChI=1S/C14H20FNO2/c1-3-4-9-13(14(17)18)16(2)10-11-7-5-6-8-12(11)15/h5-8,13H,3-4,9-10H2,1-2H3,(H,17,18). The Morgan fingerprint density at radius 2 is 2.11 bits per heavy atom. The Balaban J connectivity index is 2.69. The Labute approximate surface area is 107 Å². The number of halogens is 1. The predicted molar refractivity (Wildman–Crippen MR) is 68.8 cm³/mol. The molecule has 0 radical (unpaired) electrons. The molecule has 4 heteroatoms. The van der Waals surface area contributed by atoms with E-state index in [-0.39, 0.29) is 5.82 Å². The molecule has 1 N–H and O–H groups in total. The van der Waals surface area contributed by atoms with E-state index < -0.39 is 12.0 Å². The number of hydrogen-bond donors (Lipinski definition) is 1. The van der Waals surface area contributed by atoms with Gasteiger partial charge in [-0.1, -0.05) is 38.0 Å². The molecular weight excluding hydrogens is 233 g/mol. The van der Waals surface area contributed by atoms with Gasteiger partial charge in [-0.05, 0) is 19.5 Å². The lowest BCUT2D eigenvalue weighted by atomic mass is 10.1. The van der Waals surface area contributed by atoms with Gasteiger partial charge in [0.1, 0.15) is 11.9 Å². The first-order chi connectivity index (χ1) is 8.56. The van der Waals surface area contributed by atoms with Crippen LogP contribution in [0.4, 0.5) is 4.39 Å². The lowest BCUT2D eigenvalue weighted by Crippen LogP contribution is -2.38. The summed E-state index contributed by atoms with van der Waals surface area (Å²) in [5.74, 6) is -1.13. The summed E-state index contributed by atoms with van der Waals surface area (Å²) in [6.45, 7) is 2.34. The number of unbranched alkanes of at least 4 members (excludes halogenated alkanes) is 1. The molecular formula is C14H20FNO2. The van der Waals surface area contributed by atoms with Crippen molar-refractivity contribution in [3.8, 4) is 0 Å². The summed E-state index contributed by atoms with van der Waals surface area (Å²) in [5, 5.41) is 9.18. The minimum Gasteiger partial charge on any atom is -0.480 e. The molecule has 0 saturated heterocycles. The van der Waals surface area contributed by atoms with Gasteiger partial charge in [-0.25, -0.2) is 4.39 Å². The number of carboxylic acids is 1. The maximum Gasteiger partial charge on any atom is 0.320 e. The largest absolute Gasteiger partial charge is 0.480 e. The molecule has 0 aliphatic carbocycles. The molecule has 3 nitrogen and oxygen atoms in total. The fraction of sp³-hybridized carbons (Fsp3) is 0.500. The van der Waals surface area contributed by atoms with Gasteiger partial charge >= 0.3 is 5.97 Å². The van der Waals surface area contributed by atoms with Crippen molar-refractivity contribution in [2.75, 3.05) is 7.05 Å². The average Bonchev–Trinajstić information content (AvgIpc) is 2.32. The van der Waals surface area contributed by atoms with Crippen LogP contribution in [0.5, 0.6) is 0 Å². The van der Waals surface area contributed by atoms with Crippen molar-refractivity contribution in [1.82, 2.24) is 4.90 Å². The molecule has 0 aliphatic rings. The highest BCUT2D eigenvalue weighted by Crippen LogP contribution is 2.14. The predicted octanol–water partition coefficient (Wildman–Crippen LogP) is 2.90. The molecule has 0 bridgehead atoms. The molecule has 1 rings (SSSR count). The molecule has 1 atom stereocenters. The van der Waals surface area contributed by atoms with Gasteiger partial charge in [0.05, 0.1) is 0 Å². The number of rotatable bonds is 7. The fourth-order valence-electron chi connectivity index (χ4n) is 1.94. The summed E-state index contributed by atoms with van der Waals surface area (Å²) in [5.41, 5.74) is 0.530. The molecule has 1 unspecified atom stereocenters. The normalized spacial score (nSPS) is 12.7. The third-order valence-corrected chi connectivity index (χ3v) is 3.03. The van der Waals surface area contributed by atoms with Gasteiger partial charge in [0.15, 0.2) is 0 Å². The van der Waals surface area contributed by atoms with E-state index in [2.05, 4.69) is 0 Å². The Morgan fingerprint density at radius 3 is 2.67 bits per heavy atom. The van der Waals surface area contributed by atoms with Crippen molar-refractivity contribution >= 4 is 5.97 Å². The zero-order valence-corrected chi connectivity index (χ0v) is 10.9. The smallest absolute Gasteiger partial charge is 0.320 e. The molecule has 100 valence electrons. The molecule has 1 aromatic carbocycles. The highest BCUT2D eigenvalue weighted by molar-refractivity contribution is 5.73. The number of carbonyl (C=O) groups is 1. The monoisotopic (exact) mass is 253 g/mol. The molecule has 18 heavy (non-hydrogen) atoms. The maximum absolute atomic E-state index is 13.5. The second kappa shape index (κ2) is 7.11. The lowest BCUT2D eigenvalue weighted by Gasteiger charge is -2.24. The van der Waals surface area contributed by atoms with Crippen LogP contribution in [0.15, 0.2) is 24.3 Å². The van der Waals surface area contributed by atoms with Gasteiger partial charge in [0.25, 0.3) is 0 Å². The summed E-state index contributed by atoms with van der Waals surface area (Å²) in [7, 11) is 1.72. The van der Waals surface area contributed by atoms with Gasteiger partial charge in [0, 0.05) is 12.1 Å². The minimum atomic E-state index is -0.845. The summed E-state index contributed by atoms with van der Waals surface area (Å²) in [6.07, 6.45) is 2.41. The highest BCUT2D eigenvalue weighted by Gasteiger charge is 2.22. The van der Waals surface area contributed by atoms with E-state index >= 15 is 0 Å². The number of likely N-dealkylation sites (N-methyl/N-ethyl adjacent to an activating group) is 1. The Kier molecular flexibility index (Phi) is 5.78. The van der Waals surface area contributed by atoms with E-state index in [0.717, 1.165) is 12.8 Å². The van der Waals surface area contributed by atoms with Crippen LogP contribution < -0.4 is 0 Å². The number of benzene rings is 1.